The number of nitrogens with zero attached hydrogens (tertiary/aromatic N) is 2. The molecule has 0 amide bonds. The fourth-order valence-electron chi connectivity index (χ4n) is 1.35. The highest BCUT2D eigenvalue weighted by Crippen LogP contribution is 2.22. The van der Waals surface area contributed by atoms with Crippen LogP contribution in [0.15, 0.2) is 12.1 Å². The zero-order valence-electron chi connectivity index (χ0n) is 9.88. The van der Waals surface area contributed by atoms with Crippen molar-refractivity contribution in [2.75, 3.05) is 20.8 Å². The highest BCUT2D eigenvalue weighted by atomic mass is 16.5. The smallest absolute Gasteiger partial charge is 0.233 e. The minimum Gasteiger partial charge on any atom is -0.480 e. The summed E-state index contributed by atoms with van der Waals surface area (Å²) in [5.74, 6) is 0.531. The van der Waals surface area contributed by atoms with Crippen LogP contribution in [0.4, 0.5) is 0 Å². The van der Waals surface area contributed by atoms with Gasteiger partial charge in [-0.15, -0.1) is 10.2 Å². The third-order valence-corrected chi connectivity index (χ3v) is 2.49. The van der Waals surface area contributed by atoms with Crippen LogP contribution in [0, 0.1) is 5.92 Å². The summed E-state index contributed by atoms with van der Waals surface area (Å²) < 4.78 is 9.87. The van der Waals surface area contributed by atoms with Crippen molar-refractivity contribution in [1.82, 2.24) is 10.2 Å². The summed E-state index contributed by atoms with van der Waals surface area (Å²) in [4.78, 5) is 0. The van der Waals surface area contributed by atoms with Crippen LogP contribution in [0.5, 0.6) is 5.88 Å². The van der Waals surface area contributed by atoms with Gasteiger partial charge in [0, 0.05) is 19.8 Å². The molecule has 0 saturated heterocycles. The van der Waals surface area contributed by atoms with E-state index in [-0.39, 0.29) is 5.92 Å². The van der Waals surface area contributed by atoms with Crippen molar-refractivity contribution in [2.24, 2.45) is 5.92 Å². The van der Waals surface area contributed by atoms with E-state index in [0.29, 0.717) is 18.2 Å². The molecule has 5 nitrogen and oxygen atoms in total. The van der Waals surface area contributed by atoms with Gasteiger partial charge in [-0.2, -0.15) is 0 Å². The molecular weight excluding hydrogens is 208 g/mol. The normalized spacial score (nSPS) is 14.5. The van der Waals surface area contributed by atoms with Crippen LogP contribution >= 0.6 is 0 Å². The van der Waals surface area contributed by atoms with Crippen molar-refractivity contribution >= 4 is 0 Å². The van der Waals surface area contributed by atoms with E-state index in [9.17, 15) is 5.11 Å². The van der Waals surface area contributed by atoms with Crippen LogP contribution in [0.3, 0.4) is 0 Å². The van der Waals surface area contributed by atoms with Crippen molar-refractivity contribution < 1.29 is 14.6 Å². The van der Waals surface area contributed by atoms with Crippen molar-refractivity contribution in [3.8, 4) is 5.88 Å². The zero-order valence-corrected chi connectivity index (χ0v) is 9.88. The summed E-state index contributed by atoms with van der Waals surface area (Å²) >= 11 is 0. The number of ether oxygens (including phenoxy) is 2. The van der Waals surface area contributed by atoms with E-state index in [1.807, 2.05) is 6.92 Å². The Labute approximate surface area is 95.4 Å². The number of aliphatic hydroxyl groups excluding tert-OH is 1. The second kappa shape index (κ2) is 6.40. The molecule has 2 atom stereocenters. The molecule has 1 aromatic rings. The molecular formula is C11H18N2O3. The van der Waals surface area contributed by atoms with E-state index in [1.165, 1.54) is 7.11 Å². The maximum Gasteiger partial charge on any atom is 0.233 e. The van der Waals surface area contributed by atoms with Crippen molar-refractivity contribution in [3.05, 3.63) is 17.8 Å². The predicted molar refractivity (Wildman–Crippen MR) is 59.2 cm³/mol. The van der Waals surface area contributed by atoms with Gasteiger partial charge in [0.25, 0.3) is 0 Å². The van der Waals surface area contributed by atoms with Crippen LogP contribution < -0.4 is 4.74 Å². The molecule has 1 rings (SSSR count). The first-order chi connectivity index (χ1) is 7.69. The average Bonchev–Trinajstić information content (AvgIpc) is 2.35. The summed E-state index contributed by atoms with van der Waals surface area (Å²) in [6.45, 7) is 2.58. The lowest BCUT2D eigenvalue weighted by Gasteiger charge is -2.17. The molecule has 0 saturated carbocycles. The molecule has 0 aliphatic heterocycles. The first-order valence-corrected chi connectivity index (χ1v) is 5.23. The van der Waals surface area contributed by atoms with Crippen LogP contribution in [0.25, 0.3) is 0 Å². The minimum atomic E-state index is -0.617. The van der Waals surface area contributed by atoms with Crippen LogP contribution in [0.2, 0.25) is 0 Å². The van der Waals surface area contributed by atoms with E-state index in [2.05, 4.69) is 10.2 Å². The Morgan fingerprint density at radius 3 is 2.56 bits per heavy atom. The highest BCUT2D eigenvalue weighted by Gasteiger charge is 2.17. The number of aromatic nitrogens is 2. The van der Waals surface area contributed by atoms with Gasteiger partial charge in [-0.1, -0.05) is 6.92 Å². The molecule has 0 aromatic carbocycles. The lowest BCUT2D eigenvalue weighted by Crippen LogP contribution is -2.13. The predicted octanol–water partition coefficient (Wildman–Crippen LogP) is 1.19. The average molecular weight is 226 g/mol. The molecule has 0 aliphatic carbocycles. The third-order valence-electron chi connectivity index (χ3n) is 2.49. The number of hydrogen-bond acceptors (Lipinski definition) is 5. The summed E-state index contributed by atoms with van der Waals surface area (Å²) in [7, 11) is 3.17. The van der Waals surface area contributed by atoms with E-state index < -0.39 is 6.10 Å². The highest BCUT2D eigenvalue weighted by molar-refractivity contribution is 5.13. The van der Waals surface area contributed by atoms with E-state index in [4.69, 9.17) is 9.47 Å². The van der Waals surface area contributed by atoms with E-state index in [0.717, 1.165) is 6.42 Å². The summed E-state index contributed by atoms with van der Waals surface area (Å²) in [5.41, 5.74) is 0.560. The maximum atomic E-state index is 9.98. The van der Waals surface area contributed by atoms with Gasteiger partial charge in [-0.05, 0) is 18.4 Å². The Hall–Kier alpha value is -1.20. The fraction of sp³-hybridized carbons (Fsp3) is 0.636. The quantitative estimate of drug-likeness (QED) is 0.789. The van der Waals surface area contributed by atoms with Crippen molar-refractivity contribution in [2.45, 2.75) is 19.4 Å². The molecule has 5 heteroatoms. The first kappa shape index (κ1) is 12.9. The summed E-state index contributed by atoms with van der Waals surface area (Å²) in [6.07, 6.45) is 0.166. The fourth-order valence-corrected chi connectivity index (χ4v) is 1.35. The van der Waals surface area contributed by atoms with Crippen LogP contribution in [-0.2, 0) is 4.74 Å². The van der Waals surface area contributed by atoms with Gasteiger partial charge < -0.3 is 14.6 Å². The van der Waals surface area contributed by atoms with Crippen molar-refractivity contribution in [3.63, 3.8) is 0 Å². The minimum absolute atomic E-state index is 0.0858. The van der Waals surface area contributed by atoms with E-state index >= 15 is 0 Å². The second-order valence-corrected chi connectivity index (χ2v) is 3.70. The molecule has 2 unspecified atom stereocenters. The summed E-state index contributed by atoms with van der Waals surface area (Å²) in [6, 6.07) is 3.41. The summed E-state index contributed by atoms with van der Waals surface area (Å²) in [5, 5.41) is 17.7. The van der Waals surface area contributed by atoms with Gasteiger partial charge >= 0.3 is 0 Å². The van der Waals surface area contributed by atoms with Crippen LogP contribution in [-0.4, -0.2) is 36.1 Å². The van der Waals surface area contributed by atoms with Gasteiger partial charge in [0.05, 0.1) is 12.8 Å². The number of hydrogen-bond donors (Lipinski definition) is 1. The molecule has 0 radical (unpaired) electrons. The van der Waals surface area contributed by atoms with Gasteiger partial charge in [0.2, 0.25) is 5.88 Å². The first-order valence-electron chi connectivity index (χ1n) is 5.23. The molecule has 0 bridgehead atoms. The van der Waals surface area contributed by atoms with E-state index in [1.54, 1.807) is 19.2 Å². The Morgan fingerprint density at radius 2 is 2.06 bits per heavy atom. The molecule has 16 heavy (non-hydrogen) atoms. The zero-order chi connectivity index (χ0) is 12.0. The molecule has 0 spiro atoms. The van der Waals surface area contributed by atoms with Gasteiger partial charge in [0.1, 0.15) is 6.10 Å². The molecule has 1 N–H and O–H groups in total. The molecule has 1 aromatic heterocycles. The monoisotopic (exact) mass is 226 g/mol. The molecule has 0 aliphatic rings. The van der Waals surface area contributed by atoms with Gasteiger partial charge in [-0.3, -0.25) is 0 Å². The largest absolute Gasteiger partial charge is 0.480 e. The lowest BCUT2D eigenvalue weighted by molar-refractivity contribution is 0.0846. The van der Waals surface area contributed by atoms with Crippen LogP contribution in [0.1, 0.15) is 25.1 Å². The SMILES string of the molecule is COCCC(C)C(O)c1ccc(OC)nn1. The number of aliphatic hydroxyl groups is 1. The van der Waals surface area contributed by atoms with Crippen molar-refractivity contribution in [1.29, 1.82) is 0 Å². The number of rotatable bonds is 6. The third kappa shape index (κ3) is 3.43. The Bertz CT molecular complexity index is 303. The topological polar surface area (TPSA) is 64.5 Å². The standard InChI is InChI=1S/C11H18N2O3/c1-8(6-7-15-2)11(14)9-4-5-10(16-3)13-12-9/h4-5,8,11,14H,6-7H2,1-3H3. The van der Waals surface area contributed by atoms with Gasteiger partial charge in [0.15, 0.2) is 0 Å². The Morgan fingerprint density at radius 1 is 1.31 bits per heavy atom. The molecule has 0 fully saturated rings. The maximum absolute atomic E-state index is 9.98. The molecule has 1 heterocycles. The Kier molecular flexibility index (Phi) is 5.14. The number of methoxy groups -OCH3 is 2. The van der Waals surface area contributed by atoms with Gasteiger partial charge in [-0.25, -0.2) is 0 Å². The Balaban J connectivity index is 2.60. The second-order valence-electron chi connectivity index (χ2n) is 3.70. The molecule has 90 valence electrons. The lowest BCUT2D eigenvalue weighted by atomic mass is 9.99.